The number of esters is 1. The van der Waals surface area contributed by atoms with Crippen LogP contribution in [0.25, 0.3) is 22.3 Å². The third-order valence-corrected chi connectivity index (χ3v) is 3.65. The second-order valence-corrected chi connectivity index (χ2v) is 5.33. The first kappa shape index (κ1) is 15.6. The number of fused-ring (bicyclic) bond motifs is 1. The molecule has 2 aromatic carbocycles. The van der Waals surface area contributed by atoms with Crippen molar-refractivity contribution in [3.05, 3.63) is 58.3 Å². The number of aromatic hydroxyl groups is 1. The Morgan fingerprint density at radius 2 is 1.92 bits per heavy atom. The highest BCUT2D eigenvalue weighted by atomic mass is 16.5. The van der Waals surface area contributed by atoms with Crippen LogP contribution >= 0.6 is 0 Å². The number of carbonyl (C=O) groups excluding carboxylic acids is 1. The van der Waals surface area contributed by atoms with Crippen LogP contribution in [-0.2, 0) is 16.0 Å². The van der Waals surface area contributed by atoms with Crippen LogP contribution in [0.4, 0.5) is 5.69 Å². The van der Waals surface area contributed by atoms with Crippen molar-refractivity contribution in [3.8, 4) is 17.1 Å². The molecule has 24 heavy (non-hydrogen) atoms. The van der Waals surface area contributed by atoms with Crippen LogP contribution in [0.1, 0.15) is 5.56 Å². The van der Waals surface area contributed by atoms with Gasteiger partial charge in [-0.3, -0.25) is 9.59 Å². The number of methoxy groups -OCH3 is 1. The minimum atomic E-state index is -0.510. The van der Waals surface area contributed by atoms with Crippen LogP contribution in [0.15, 0.2) is 51.7 Å². The van der Waals surface area contributed by atoms with E-state index < -0.39 is 5.97 Å². The van der Waals surface area contributed by atoms with Gasteiger partial charge in [0.25, 0.3) is 0 Å². The van der Waals surface area contributed by atoms with E-state index in [2.05, 4.69) is 4.74 Å². The summed E-state index contributed by atoms with van der Waals surface area (Å²) >= 11 is 0. The van der Waals surface area contributed by atoms with Crippen molar-refractivity contribution in [1.82, 2.24) is 0 Å². The largest absolute Gasteiger partial charge is 0.508 e. The van der Waals surface area contributed by atoms with Crippen LogP contribution in [-0.4, -0.2) is 18.2 Å². The average molecular weight is 325 g/mol. The van der Waals surface area contributed by atoms with Crippen LogP contribution < -0.4 is 11.2 Å². The van der Waals surface area contributed by atoms with Gasteiger partial charge in [0, 0.05) is 23.4 Å². The maximum atomic E-state index is 12.5. The third kappa shape index (κ3) is 2.94. The number of rotatable bonds is 3. The summed E-state index contributed by atoms with van der Waals surface area (Å²) in [6.07, 6.45) is -0.132. The minimum absolute atomic E-state index is 0.0981. The summed E-state index contributed by atoms with van der Waals surface area (Å²) in [5.41, 5.74) is 7.19. The molecule has 0 radical (unpaired) electrons. The highest BCUT2D eigenvalue weighted by Crippen LogP contribution is 2.28. The highest BCUT2D eigenvalue weighted by molar-refractivity contribution is 5.87. The van der Waals surface area contributed by atoms with Crippen molar-refractivity contribution in [3.63, 3.8) is 0 Å². The Morgan fingerprint density at radius 3 is 2.58 bits per heavy atom. The number of hydrogen-bond donors (Lipinski definition) is 2. The van der Waals surface area contributed by atoms with Gasteiger partial charge in [0.1, 0.15) is 17.1 Å². The van der Waals surface area contributed by atoms with Crippen molar-refractivity contribution in [2.24, 2.45) is 0 Å². The smallest absolute Gasteiger partial charge is 0.310 e. The monoisotopic (exact) mass is 325 g/mol. The molecule has 1 heterocycles. The normalized spacial score (nSPS) is 10.7. The van der Waals surface area contributed by atoms with Crippen molar-refractivity contribution < 1.29 is 19.1 Å². The molecule has 0 fully saturated rings. The zero-order valence-electron chi connectivity index (χ0n) is 12.9. The van der Waals surface area contributed by atoms with Crippen LogP contribution in [0.5, 0.6) is 5.75 Å². The molecule has 3 N–H and O–H groups in total. The van der Waals surface area contributed by atoms with Gasteiger partial charge in [-0.2, -0.15) is 0 Å². The van der Waals surface area contributed by atoms with Crippen molar-refractivity contribution in [2.75, 3.05) is 12.8 Å². The van der Waals surface area contributed by atoms with E-state index in [9.17, 15) is 14.7 Å². The third-order valence-electron chi connectivity index (χ3n) is 3.65. The van der Waals surface area contributed by atoms with Gasteiger partial charge in [-0.1, -0.05) is 0 Å². The standard InChI is InChI=1S/C18H15NO5/c1-23-17(22)7-11-6-13(20)8-16-18(11)14(21)9-15(24-16)10-2-4-12(19)5-3-10/h2-6,8-9,20H,7,19H2,1H3. The molecule has 0 spiro atoms. The van der Waals surface area contributed by atoms with E-state index in [0.717, 1.165) is 0 Å². The topological polar surface area (TPSA) is 103 Å². The number of hydrogen-bond acceptors (Lipinski definition) is 6. The molecule has 0 aliphatic heterocycles. The van der Waals surface area contributed by atoms with Gasteiger partial charge in [-0.05, 0) is 35.9 Å². The molecular formula is C18H15NO5. The van der Waals surface area contributed by atoms with Crippen LogP contribution in [0.3, 0.4) is 0 Å². The summed E-state index contributed by atoms with van der Waals surface area (Å²) < 4.78 is 10.4. The Hall–Kier alpha value is -3.28. The molecule has 0 amide bonds. The van der Waals surface area contributed by atoms with Gasteiger partial charge >= 0.3 is 5.97 Å². The number of ether oxygens (including phenoxy) is 1. The quantitative estimate of drug-likeness (QED) is 0.566. The molecule has 6 nitrogen and oxygen atoms in total. The van der Waals surface area contributed by atoms with Crippen LogP contribution in [0, 0.1) is 0 Å². The molecule has 3 rings (SSSR count). The molecule has 1 aromatic heterocycles. The zero-order valence-corrected chi connectivity index (χ0v) is 12.9. The lowest BCUT2D eigenvalue weighted by Crippen LogP contribution is -2.09. The van der Waals surface area contributed by atoms with E-state index in [4.69, 9.17) is 10.2 Å². The first-order valence-electron chi connectivity index (χ1n) is 7.20. The summed E-state index contributed by atoms with van der Waals surface area (Å²) in [5.74, 6) is -0.259. The number of carbonyl (C=O) groups is 1. The minimum Gasteiger partial charge on any atom is -0.508 e. The van der Waals surface area contributed by atoms with E-state index in [-0.39, 0.29) is 28.6 Å². The molecule has 0 aliphatic carbocycles. The van der Waals surface area contributed by atoms with Gasteiger partial charge in [-0.15, -0.1) is 0 Å². The van der Waals surface area contributed by atoms with E-state index in [1.54, 1.807) is 24.3 Å². The summed E-state index contributed by atoms with van der Waals surface area (Å²) in [6, 6.07) is 10.9. The maximum absolute atomic E-state index is 12.5. The predicted molar refractivity (Wildman–Crippen MR) is 89.7 cm³/mol. The second kappa shape index (κ2) is 6.08. The lowest BCUT2D eigenvalue weighted by molar-refractivity contribution is -0.139. The lowest BCUT2D eigenvalue weighted by Gasteiger charge is -2.08. The fraction of sp³-hybridized carbons (Fsp3) is 0.111. The molecular weight excluding hydrogens is 310 g/mol. The van der Waals surface area contributed by atoms with Gasteiger partial charge < -0.3 is 20.0 Å². The predicted octanol–water partition coefficient (Wildman–Crippen LogP) is 2.46. The molecule has 0 saturated heterocycles. The molecule has 0 bridgehead atoms. The fourth-order valence-corrected chi connectivity index (χ4v) is 2.51. The Kier molecular flexibility index (Phi) is 3.95. The summed E-state index contributed by atoms with van der Waals surface area (Å²) in [6.45, 7) is 0. The van der Waals surface area contributed by atoms with E-state index in [0.29, 0.717) is 22.6 Å². The van der Waals surface area contributed by atoms with Crippen molar-refractivity contribution in [1.29, 1.82) is 0 Å². The number of anilines is 1. The molecule has 0 saturated carbocycles. The van der Waals surface area contributed by atoms with Crippen molar-refractivity contribution >= 4 is 22.6 Å². The van der Waals surface area contributed by atoms with Crippen molar-refractivity contribution in [2.45, 2.75) is 6.42 Å². The Balaban J connectivity index is 2.20. The molecule has 6 heteroatoms. The highest BCUT2D eigenvalue weighted by Gasteiger charge is 2.15. The SMILES string of the molecule is COC(=O)Cc1cc(O)cc2oc(-c3ccc(N)cc3)cc(=O)c12. The van der Waals surface area contributed by atoms with E-state index in [1.807, 2.05) is 0 Å². The Labute approximate surface area is 137 Å². The molecule has 0 unspecified atom stereocenters. The number of nitrogens with two attached hydrogens (primary N) is 1. The fourth-order valence-electron chi connectivity index (χ4n) is 2.51. The number of benzene rings is 2. The number of phenols is 1. The Bertz CT molecular complexity index is 973. The van der Waals surface area contributed by atoms with Gasteiger partial charge in [0.2, 0.25) is 0 Å². The molecule has 0 atom stereocenters. The average Bonchev–Trinajstić information content (AvgIpc) is 2.54. The van der Waals surface area contributed by atoms with Crippen LogP contribution in [0.2, 0.25) is 0 Å². The summed E-state index contributed by atoms with van der Waals surface area (Å²) in [7, 11) is 1.26. The summed E-state index contributed by atoms with van der Waals surface area (Å²) in [4.78, 5) is 24.0. The molecule has 0 aliphatic rings. The number of nitrogen functional groups attached to an aromatic ring is 1. The first-order chi connectivity index (χ1) is 11.5. The Morgan fingerprint density at radius 1 is 1.21 bits per heavy atom. The van der Waals surface area contributed by atoms with E-state index in [1.165, 1.54) is 25.3 Å². The maximum Gasteiger partial charge on any atom is 0.310 e. The lowest BCUT2D eigenvalue weighted by atomic mass is 10.0. The molecule has 3 aromatic rings. The van der Waals surface area contributed by atoms with Gasteiger partial charge in [-0.25, -0.2) is 0 Å². The zero-order chi connectivity index (χ0) is 17.3. The molecule has 122 valence electrons. The van der Waals surface area contributed by atoms with Gasteiger partial charge in [0.05, 0.1) is 18.9 Å². The van der Waals surface area contributed by atoms with E-state index >= 15 is 0 Å². The summed E-state index contributed by atoms with van der Waals surface area (Å²) in [5, 5.41) is 10.1. The number of phenolic OH excluding ortho intramolecular Hbond substituents is 1. The first-order valence-corrected chi connectivity index (χ1v) is 7.20. The second-order valence-electron chi connectivity index (χ2n) is 5.33. The van der Waals surface area contributed by atoms with Gasteiger partial charge in [0.15, 0.2) is 5.43 Å².